The van der Waals surface area contributed by atoms with Gasteiger partial charge in [0.05, 0.1) is 11.1 Å². The van der Waals surface area contributed by atoms with Gasteiger partial charge in [-0.3, -0.25) is 9.59 Å². The molecular formula is C13H14BrF3N2O2. The molecule has 0 saturated heterocycles. The Morgan fingerprint density at radius 2 is 1.95 bits per heavy atom. The maximum absolute atomic E-state index is 12.6. The maximum Gasteiger partial charge on any atom is 0.416 e. The van der Waals surface area contributed by atoms with Gasteiger partial charge < -0.3 is 10.6 Å². The molecule has 4 nitrogen and oxygen atoms in total. The molecule has 0 bridgehead atoms. The molecule has 1 rings (SSSR count). The van der Waals surface area contributed by atoms with Crippen LogP contribution >= 0.6 is 15.9 Å². The fourth-order valence-electron chi connectivity index (χ4n) is 1.54. The largest absolute Gasteiger partial charge is 0.416 e. The zero-order valence-electron chi connectivity index (χ0n) is 11.3. The Labute approximate surface area is 128 Å². The molecule has 1 aromatic carbocycles. The van der Waals surface area contributed by atoms with Crippen LogP contribution in [0.15, 0.2) is 22.7 Å². The Balaban J connectivity index is 2.94. The van der Waals surface area contributed by atoms with Gasteiger partial charge in [-0.2, -0.15) is 13.2 Å². The van der Waals surface area contributed by atoms with Crippen LogP contribution < -0.4 is 10.6 Å². The quantitative estimate of drug-likeness (QED) is 0.860. The first kappa shape index (κ1) is 17.5. The lowest BCUT2D eigenvalue weighted by molar-refractivity contribution is -0.137. The third-order valence-corrected chi connectivity index (χ3v) is 3.32. The molecule has 1 atom stereocenters. The summed E-state index contributed by atoms with van der Waals surface area (Å²) in [4.78, 5) is 23.5. The van der Waals surface area contributed by atoms with Crippen molar-refractivity contribution in [3.63, 3.8) is 0 Å². The van der Waals surface area contributed by atoms with Gasteiger partial charge in [-0.1, -0.05) is 0 Å². The van der Waals surface area contributed by atoms with Crippen LogP contribution in [0.1, 0.15) is 29.8 Å². The van der Waals surface area contributed by atoms with Crippen molar-refractivity contribution < 1.29 is 22.8 Å². The van der Waals surface area contributed by atoms with Crippen LogP contribution in [-0.2, 0) is 11.0 Å². The lowest BCUT2D eigenvalue weighted by Crippen LogP contribution is -2.44. The summed E-state index contributed by atoms with van der Waals surface area (Å²) < 4.78 is 38.1. The van der Waals surface area contributed by atoms with Crippen molar-refractivity contribution in [2.24, 2.45) is 0 Å². The van der Waals surface area contributed by atoms with Crippen LogP contribution in [0.25, 0.3) is 0 Å². The van der Waals surface area contributed by atoms with E-state index in [1.54, 1.807) is 6.92 Å². The molecule has 8 heteroatoms. The molecule has 1 aromatic rings. The number of likely N-dealkylation sites (N-methyl/N-ethyl adjacent to an activating group) is 1. The first-order chi connectivity index (χ1) is 9.66. The molecule has 0 aliphatic heterocycles. The minimum atomic E-state index is -4.54. The van der Waals surface area contributed by atoms with Crippen molar-refractivity contribution in [2.45, 2.75) is 26.1 Å². The van der Waals surface area contributed by atoms with Crippen LogP contribution in [0.3, 0.4) is 0 Å². The zero-order chi connectivity index (χ0) is 16.2. The van der Waals surface area contributed by atoms with E-state index in [1.807, 2.05) is 0 Å². The Morgan fingerprint density at radius 3 is 2.48 bits per heavy atom. The predicted molar refractivity (Wildman–Crippen MR) is 74.8 cm³/mol. The normalized spacial score (nSPS) is 12.7. The summed E-state index contributed by atoms with van der Waals surface area (Å²) in [5, 5.41) is 4.86. The molecule has 0 spiro atoms. The second kappa shape index (κ2) is 6.93. The number of carbonyl (C=O) groups is 2. The summed E-state index contributed by atoms with van der Waals surface area (Å²) in [6.07, 6.45) is -4.54. The molecule has 1 unspecified atom stereocenters. The second-order valence-electron chi connectivity index (χ2n) is 4.28. The number of amides is 2. The lowest BCUT2D eigenvalue weighted by atomic mass is 10.1. The number of benzene rings is 1. The fraction of sp³-hybridized carbons (Fsp3) is 0.385. The van der Waals surface area contributed by atoms with E-state index in [-0.39, 0.29) is 10.0 Å². The zero-order valence-corrected chi connectivity index (χ0v) is 12.9. The summed E-state index contributed by atoms with van der Waals surface area (Å²) in [5.74, 6) is -1.17. The van der Waals surface area contributed by atoms with E-state index in [4.69, 9.17) is 0 Å². The highest BCUT2D eigenvalue weighted by atomic mass is 79.9. The highest BCUT2D eigenvalue weighted by Gasteiger charge is 2.31. The molecule has 0 aromatic heterocycles. The van der Waals surface area contributed by atoms with E-state index in [2.05, 4.69) is 26.6 Å². The Bertz CT molecular complexity index is 547. The molecule has 2 amide bonds. The number of alkyl halides is 3. The minimum Gasteiger partial charge on any atom is -0.355 e. The van der Waals surface area contributed by atoms with E-state index in [0.29, 0.717) is 6.54 Å². The number of carbonyl (C=O) groups excluding carboxylic acids is 2. The van der Waals surface area contributed by atoms with Crippen molar-refractivity contribution in [3.8, 4) is 0 Å². The second-order valence-corrected chi connectivity index (χ2v) is 5.14. The smallest absolute Gasteiger partial charge is 0.355 e. The monoisotopic (exact) mass is 366 g/mol. The van der Waals surface area contributed by atoms with E-state index in [1.165, 1.54) is 6.92 Å². The molecule has 21 heavy (non-hydrogen) atoms. The van der Waals surface area contributed by atoms with Gasteiger partial charge in [0, 0.05) is 11.0 Å². The molecular weight excluding hydrogens is 353 g/mol. The lowest BCUT2D eigenvalue weighted by Gasteiger charge is -2.15. The topological polar surface area (TPSA) is 58.2 Å². The summed E-state index contributed by atoms with van der Waals surface area (Å²) >= 11 is 3.03. The molecule has 2 N–H and O–H groups in total. The molecule has 0 saturated carbocycles. The van der Waals surface area contributed by atoms with Crippen LogP contribution in [0.5, 0.6) is 0 Å². The Kier molecular flexibility index (Phi) is 5.77. The summed E-state index contributed by atoms with van der Waals surface area (Å²) in [6, 6.07) is 1.91. The summed E-state index contributed by atoms with van der Waals surface area (Å²) in [7, 11) is 0. The van der Waals surface area contributed by atoms with Crippen LogP contribution in [0.2, 0.25) is 0 Å². The molecule has 0 aliphatic carbocycles. The average Bonchev–Trinajstić information content (AvgIpc) is 2.37. The van der Waals surface area contributed by atoms with Gasteiger partial charge in [-0.25, -0.2) is 0 Å². The van der Waals surface area contributed by atoms with Crippen molar-refractivity contribution in [2.75, 3.05) is 6.54 Å². The van der Waals surface area contributed by atoms with Crippen molar-refractivity contribution in [1.29, 1.82) is 0 Å². The molecule has 116 valence electrons. The van der Waals surface area contributed by atoms with E-state index in [9.17, 15) is 22.8 Å². The first-order valence-corrected chi connectivity index (χ1v) is 6.91. The van der Waals surface area contributed by atoms with Gasteiger partial charge in [-0.05, 0) is 48.0 Å². The van der Waals surface area contributed by atoms with Crippen molar-refractivity contribution in [3.05, 3.63) is 33.8 Å². The number of rotatable bonds is 4. The van der Waals surface area contributed by atoms with E-state index < -0.39 is 29.6 Å². The third-order valence-electron chi connectivity index (χ3n) is 2.63. The van der Waals surface area contributed by atoms with E-state index >= 15 is 0 Å². The maximum atomic E-state index is 12.6. The summed E-state index contributed by atoms with van der Waals surface area (Å²) in [5.41, 5.74) is -1.11. The summed E-state index contributed by atoms with van der Waals surface area (Å²) in [6.45, 7) is 3.56. The molecule has 0 heterocycles. The number of hydrogen-bond donors (Lipinski definition) is 2. The number of hydrogen-bond acceptors (Lipinski definition) is 2. The van der Waals surface area contributed by atoms with Crippen LogP contribution in [-0.4, -0.2) is 24.4 Å². The first-order valence-electron chi connectivity index (χ1n) is 6.12. The van der Waals surface area contributed by atoms with Gasteiger partial charge in [0.15, 0.2) is 0 Å². The minimum absolute atomic E-state index is 0.180. The highest BCUT2D eigenvalue weighted by Crippen LogP contribution is 2.31. The highest BCUT2D eigenvalue weighted by molar-refractivity contribution is 9.10. The third kappa shape index (κ3) is 4.73. The van der Waals surface area contributed by atoms with Crippen LogP contribution in [0.4, 0.5) is 13.2 Å². The van der Waals surface area contributed by atoms with Gasteiger partial charge in [0.2, 0.25) is 5.91 Å². The Hall–Kier alpha value is -1.57. The number of halogens is 4. The number of nitrogens with one attached hydrogen (secondary N) is 2. The van der Waals surface area contributed by atoms with Crippen molar-refractivity contribution >= 4 is 27.7 Å². The fourth-order valence-corrected chi connectivity index (χ4v) is 1.97. The van der Waals surface area contributed by atoms with Crippen molar-refractivity contribution in [1.82, 2.24) is 10.6 Å². The van der Waals surface area contributed by atoms with Gasteiger partial charge in [0.25, 0.3) is 5.91 Å². The van der Waals surface area contributed by atoms with Gasteiger partial charge in [0.1, 0.15) is 6.04 Å². The predicted octanol–water partition coefficient (Wildman–Crippen LogP) is 2.72. The standard InChI is InChI=1S/C13H14BrF3N2O2/c1-3-18-11(20)7(2)19-12(21)9-6-8(13(15,16)17)4-5-10(9)14/h4-7H,3H2,1-2H3,(H,18,20)(H,19,21). The molecule has 0 aliphatic rings. The molecule has 0 fully saturated rings. The van der Waals surface area contributed by atoms with Crippen LogP contribution in [0, 0.1) is 0 Å². The average molecular weight is 367 g/mol. The van der Waals surface area contributed by atoms with Gasteiger partial charge >= 0.3 is 6.18 Å². The van der Waals surface area contributed by atoms with Gasteiger partial charge in [-0.15, -0.1) is 0 Å². The SMILES string of the molecule is CCNC(=O)C(C)NC(=O)c1cc(C(F)(F)F)ccc1Br. The molecule has 0 radical (unpaired) electrons. The van der Waals surface area contributed by atoms with E-state index in [0.717, 1.165) is 18.2 Å². The Morgan fingerprint density at radius 1 is 1.33 bits per heavy atom.